The van der Waals surface area contributed by atoms with Gasteiger partial charge in [-0.25, -0.2) is 4.79 Å². The van der Waals surface area contributed by atoms with Gasteiger partial charge in [0.05, 0.1) is 18.4 Å². The second kappa shape index (κ2) is 6.45. The van der Waals surface area contributed by atoms with Gasteiger partial charge in [-0.1, -0.05) is 19.3 Å². The van der Waals surface area contributed by atoms with Gasteiger partial charge in [-0.3, -0.25) is 0 Å². The standard InChI is InChI=1S/C15H21NO3/c1-19-14-8-7-12(15(17)18)9-13(14)16-10-11-5-3-2-4-6-11/h7-9,11,16H,2-6,10H2,1H3,(H,17,18). The number of carboxylic acids is 1. The van der Waals surface area contributed by atoms with Crippen LogP contribution in [0.4, 0.5) is 5.69 Å². The van der Waals surface area contributed by atoms with Crippen LogP contribution < -0.4 is 10.1 Å². The van der Waals surface area contributed by atoms with Crippen molar-refractivity contribution in [3.8, 4) is 5.75 Å². The molecular formula is C15H21NO3. The van der Waals surface area contributed by atoms with E-state index in [1.165, 1.54) is 32.1 Å². The topological polar surface area (TPSA) is 58.6 Å². The Balaban J connectivity index is 2.04. The van der Waals surface area contributed by atoms with E-state index >= 15 is 0 Å². The Labute approximate surface area is 113 Å². The third kappa shape index (κ3) is 3.63. The lowest BCUT2D eigenvalue weighted by molar-refractivity contribution is 0.0697. The van der Waals surface area contributed by atoms with Gasteiger partial charge in [-0.15, -0.1) is 0 Å². The zero-order valence-corrected chi connectivity index (χ0v) is 11.3. The summed E-state index contributed by atoms with van der Waals surface area (Å²) in [6.07, 6.45) is 6.47. The summed E-state index contributed by atoms with van der Waals surface area (Å²) in [6, 6.07) is 4.91. The van der Waals surface area contributed by atoms with Crippen LogP contribution in [0.25, 0.3) is 0 Å². The van der Waals surface area contributed by atoms with E-state index in [9.17, 15) is 4.79 Å². The van der Waals surface area contributed by atoms with Crippen molar-refractivity contribution in [3.63, 3.8) is 0 Å². The molecule has 0 amide bonds. The lowest BCUT2D eigenvalue weighted by atomic mass is 9.89. The molecule has 0 heterocycles. The Morgan fingerprint density at radius 2 is 2.11 bits per heavy atom. The average Bonchev–Trinajstić information content (AvgIpc) is 2.45. The zero-order chi connectivity index (χ0) is 13.7. The largest absolute Gasteiger partial charge is 0.495 e. The van der Waals surface area contributed by atoms with Crippen LogP contribution in [0.5, 0.6) is 5.75 Å². The monoisotopic (exact) mass is 263 g/mol. The van der Waals surface area contributed by atoms with Gasteiger partial charge in [-0.05, 0) is 37.0 Å². The van der Waals surface area contributed by atoms with Crippen molar-refractivity contribution in [1.29, 1.82) is 0 Å². The van der Waals surface area contributed by atoms with E-state index in [1.54, 1.807) is 25.3 Å². The first-order valence-corrected chi connectivity index (χ1v) is 6.86. The van der Waals surface area contributed by atoms with Crippen molar-refractivity contribution >= 4 is 11.7 Å². The molecule has 0 radical (unpaired) electrons. The van der Waals surface area contributed by atoms with Crippen LogP contribution >= 0.6 is 0 Å². The van der Waals surface area contributed by atoms with Crippen LogP contribution in [0.2, 0.25) is 0 Å². The van der Waals surface area contributed by atoms with E-state index in [2.05, 4.69) is 5.32 Å². The summed E-state index contributed by atoms with van der Waals surface area (Å²) in [7, 11) is 1.60. The van der Waals surface area contributed by atoms with Gasteiger partial charge < -0.3 is 15.2 Å². The third-order valence-electron chi connectivity index (χ3n) is 3.75. The molecule has 0 spiro atoms. The minimum atomic E-state index is -0.914. The Kier molecular flexibility index (Phi) is 4.66. The zero-order valence-electron chi connectivity index (χ0n) is 11.3. The number of rotatable bonds is 5. The molecule has 2 rings (SSSR count). The molecule has 0 atom stereocenters. The number of hydrogen-bond acceptors (Lipinski definition) is 3. The van der Waals surface area contributed by atoms with Crippen molar-refractivity contribution in [1.82, 2.24) is 0 Å². The first kappa shape index (κ1) is 13.7. The average molecular weight is 263 g/mol. The minimum Gasteiger partial charge on any atom is -0.495 e. The molecule has 19 heavy (non-hydrogen) atoms. The number of carboxylic acid groups (broad SMARTS) is 1. The summed E-state index contributed by atoms with van der Waals surface area (Å²) in [5.74, 6) is 0.469. The highest BCUT2D eigenvalue weighted by Gasteiger charge is 2.14. The number of hydrogen-bond donors (Lipinski definition) is 2. The summed E-state index contributed by atoms with van der Waals surface area (Å²) < 4.78 is 5.26. The van der Waals surface area contributed by atoms with Crippen LogP contribution in [0.3, 0.4) is 0 Å². The SMILES string of the molecule is COc1ccc(C(=O)O)cc1NCC1CCCCC1. The second-order valence-corrected chi connectivity index (χ2v) is 5.11. The molecule has 1 fully saturated rings. The van der Waals surface area contributed by atoms with E-state index < -0.39 is 5.97 Å². The number of nitrogens with one attached hydrogen (secondary N) is 1. The Morgan fingerprint density at radius 1 is 1.37 bits per heavy atom. The minimum absolute atomic E-state index is 0.284. The maximum absolute atomic E-state index is 11.0. The first-order chi connectivity index (χ1) is 9.20. The van der Waals surface area contributed by atoms with E-state index in [0.29, 0.717) is 11.7 Å². The number of carbonyl (C=O) groups is 1. The summed E-state index contributed by atoms with van der Waals surface area (Å²) in [6.45, 7) is 0.888. The fourth-order valence-corrected chi connectivity index (χ4v) is 2.62. The van der Waals surface area contributed by atoms with Crippen LogP contribution in [-0.4, -0.2) is 24.7 Å². The summed E-state index contributed by atoms with van der Waals surface area (Å²) in [5.41, 5.74) is 1.06. The Morgan fingerprint density at radius 3 is 2.74 bits per heavy atom. The fourth-order valence-electron chi connectivity index (χ4n) is 2.62. The first-order valence-electron chi connectivity index (χ1n) is 6.86. The maximum Gasteiger partial charge on any atom is 0.335 e. The summed E-state index contributed by atoms with van der Waals surface area (Å²) in [5, 5.41) is 12.4. The molecule has 1 aromatic carbocycles. The molecule has 1 aliphatic carbocycles. The van der Waals surface area contributed by atoms with Crippen molar-refractivity contribution in [2.24, 2.45) is 5.92 Å². The van der Waals surface area contributed by atoms with Crippen LogP contribution in [0.1, 0.15) is 42.5 Å². The van der Waals surface area contributed by atoms with E-state index in [4.69, 9.17) is 9.84 Å². The number of methoxy groups -OCH3 is 1. The molecule has 2 N–H and O–H groups in total. The smallest absolute Gasteiger partial charge is 0.335 e. The normalized spacial score (nSPS) is 16.1. The predicted octanol–water partition coefficient (Wildman–Crippen LogP) is 3.39. The highest BCUT2D eigenvalue weighted by molar-refractivity contribution is 5.89. The lowest BCUT2D eigenvalue weighted by Gasteiger charge is -2.23. The lowest BCUT2D eigenvalue weighted by Crippen LogP contribution is -2.17. The summed E-state index contributed by atoms with van der Waals surface area (Å²) in [4.78, 5) is 11.0. The fraction of sp³-hybridized carbons (Fsp3) is 0.533. The molecule has 1 aromatic rings. The van der Waals surface area contributed by atoms with Gasteiger partial charge in [0.15, 0.2) is 0 Å². The number of anilines is 1. The van der Waals surface area contributed by atoms with Crippen LogP contribution in [0, 0.1) is 5.92 Å². The molecular weight excluding hydrogens is 242 g/mol. The number of ether oxygens (including phenoxy) is 1. The maximum atomic E-state index is 11.0. The Hall–Kier alpha value is -1.71. The molecule has 0 saturated heterocycles. The predicted molar refractivity (Wildman–Crippen MR) is 75.0 cm³/mol. The van der Waals surface area contributed by atoms with Gasteiger partial charge >= 0.3 is 5.97 Å². The number of aromatic carboxylic acids is 1. The van der Waals surface area contributed by atoms with E-state index in [0.717, 1.165) is 12.2 Å². The second-order valence-electron chi connectivity index (χ2n) is 5.11. The molecule has 0 aromatic heterocycles. The van der Waals surface area contributed by atoms with Gasteiger partial charge in [0.1, 0.15) is 5.75 Å². The van der Waals surface area contributed by atoms with Crippen LogP contribution in [0.15, 0.2) is 18.2 Å². The highest BCUT2D eigenvalue weighted by Crippen LogP contribution is 2.28. The molecule has 1 saturated carbocycles. The van der Waals surface area contributed by atoms with Crippen molar-refractivity contribution in [3.05, 3.63) is 23.8 Å². The van der Waals surface area contributed by atoms with Crippen molar-refractivity contribution in [2.45, 2.75) is 32.1 Å². The summed E-state index contributed by atoms with van der Waals surface area (Å²) >= 11 is 0. The van der Waals surface area contributed by atoms with E-state index in [1.807, 2.05) is 0 Å². The van der Waals surface area contributed by atoms with E-state index in [-0.39, 0.29) is 5.56 Å². The van der Waals surface area contributed by atoms with Gasteiger partial charge in [0.25, 0.3) is 0 Å². The number of benzene rings is 1. The van der Waals surface area contributed by atoms with Gasteiger partial charge in [0.2, 0.25) is 0 Å². The van der Waals surface area contributed by atoms with Gasteiger partial charge in [-0.2, -0.15) is 0 Å². The molecule has 4 heteroatoms. The molecule has 0 unspecified atom stereocenters. The van der Waals surface area contributed by atoms with Gasteiger partial charge in [0, 0.05) is 6.54 Å². The van der Waals surface area contributed by atoms with Crippen molar-refractivity contribution < 1.29 is 14.6 Å². The Bertz CT molecular complexity index is 439. The third-order valence-corrected chi connectivity index (χ3v) is 3.75. The van der Waals surface area contributed by atoms with Crippen molar-refractivity contribution in [2.75, 3.05) is 19.0 Å². The molecule has 0 aliphatic heterocycles. The quantitative estimate of drug-likeness (QED) is 0.855. The highest BCUT2D eigenvalue weighted by atomic mass is 16.5. The molecule has 104 valence electrons. The molecule has 0 bridgehead atoms. The molecule has 4 nitrogen and oxygen atoms in total. The molecule has 1 aliphatic rings. The van der Waals surface area contributed by atoms with Crippen LogP contribution in [-0.2, 0) is 0 Å².